The van der Waals surface area contributed by atoms with Crippen LogP contribution in [0.5, 0.6) is 0 Å². The molecule has 12 nitrogen and oxygen atoms in total. The van der Waals surface area contributed by atoms with Crippen LogP contribution in [0, 0.1) is 5.92 Å². The fourth-order valence-corrected chi connectivity index (χ4v) is 2.76. The molecule has 0 saturated carbocycles. The summed E-state index contributed by atoms with van der Waals surface area (Å²) in [5.74, 6) is -5.22. The van der Waals surface area contributed by atoms with E-state index < -0.39 is 72.8 Å². The quantitative estimate of drug-likeness (QED) is 0.151. The van der Waals surface area contributed by atoms with Crippen molar-refractivity contribution in [2.75, 3.05) is 18.6 Å². The Bertz CT molecular complexity index is 631. The molecule has 0 aliphatic carbocycles. The van der Waals surface area contributed by atoms with Crippen molar-refractivity contribution < 1.29 is 39.3 Å². The molecule has 0 aliphatic heterocycles. The number of carbonyl (C=O) groups is 5. The van der Waals surface area contributed by atoms with Gasteiger partial charge in [0.25, 0.3) is 0 Å². The predicted molar refractivity (Wildman–Crippen MR) is 109 cm³/mol. The molecule has 0 aliphatic rings. The molecule has 172 valence electrons. The number of thioether (sulfide) groups is 1. The van der Waals surface area contributed by atoms with Gasteiger partial charge >= 0.3 is 11.9 Å². The smallest absolute Gasteiger partial charge is 0.328 e. The van der Waals surface area contributed by atoms with Gasteiger partial charge in [-0.15, -0.1) is 0 Å². The number of nitrogens with one attached hydrogen (secondary N) is 3. The molecule has 30 heavy (non-hydrogen) atoms. The van der Waals surface area contributed by atoms with E-state index in [9.17, 15) is 24.0 Å². The Kier molecular flexibility index (Phi) is 12.7. The normalized spacial score (nSPS) is 14.9. The van der Waals surface area contributed by atoms with Crippen LogP contribution in [0.4, 0.5) is 0 Å². The van der Waals surface area contributed by atoms with Gasteiger partial charge < -0.3 is 37.0 Å². The van der Waals surface area contributed by atoms with Crippen LogP contribution in [-0.2, 0) is 24.0 Å². The average molecular weight is 451 g/mol. The third-order valence-electron chi connectivity index (χ3n) is 4.03. The van der Waals surface area contributed by atoms with E-state index in [2.05, 4.69) is 10.6 Å². The van der Waals surface area contributed by atoms with E-state index in [-0.39, 0.29) is 0 Å². The Labute approximate surface area is 178 Å². The zero-order valence-corrected chi connectivity index (χ0v) is 17.9. The van der Waals surface area contributed by atoms with Gasteiger partial charge in [0.1, 0.15) is 18.1 Å². The molecule has 0 spiro atoms. The Balaban J connectivity index is 5.31. The summed E-state index contributed by atoms with van der Waals surface area (Å²) in [6, 6.07) is -5.23. The summed E-state index contributed by atoms with van der Waals surface area (Å²) in [7, 11) is 0. The summed E-state index contributed by atoms with van der Waals surface area (Å²) in [6.07, 6.45) is 1.41. The van der Waals surface area contributed by atoms with Gasteiger partial charge in [-0.3, -0.25) is 19.2 Å². The first-order chi connectivity index (χ1) is 13.9. The van der Waals surface area contributed by atoms with Gasteiger partial charge in [-0.25, -0.2) is 4.79 Å². The number of hydrogen-bond donors (Lipinski definition) is 7. The highest BCUT2D eigenvalue weighted by molar-refractivity contribution is 7.98. The Morgan fingerprint density at radius 1 is 0.933 bits per heavy atom. The number of nitrogens with two attached hydrogens (primary N) is 1. The van der Waals surface area contributed by atoms with E-state index in [0.717, 1.165) is 0 Å². The molecule has 3 amide bonds. The van der Waals surface area contributed by atoms with Crippen molar-refractivity contribution in [1.29, 1.82) is 0 Å². The lowest BCUT2D eigenvalue weighted by atomic mass is 10.0. The zero-order chi connectivity index (χ0) is 23.4. The SMILES string of the molecule is CSCC[C@H](N)C(=O)N[C@H](C(=O)N[C@@H](CC(=O)O)C(=O)N[C@@H](CO)C(=O)O)C(C)C. The minimum Gasteiger partial charge on any atom is -0.481 e. The van der Waals surface area contributed by atoms with Crippen molar-refractivity contribution in [1.82, 2.24) is 16.0 Å². The van der Waals surface area contributed by atoms with Crippen molar-refractivity contribution >= 4 is 41.4 Å². The monoisotopic (exact) mass is 450 g/mol. The first-order valence-corrected chi connectivity index (χ1v) is 10.5. The standard InChI is InChI=1S/C17H30N4O8S/c1-8(2)13(21-14(25)9(18)4-5-30-3)16(27)19-10(6-12(23)24)15(26)20-11(7-22)17(28)29/h8-11,13,22H,4-7,18H2,1-3H3,(H,19,27)(H,20,26)(H,21,25)(H,23,24)(H,28,29)/t9-,10-,11-,13-/m0/s1. The molecule has 0 aromatic carbocycles. The number of carbonyl (C=O) groups excluding carboxylic acids is 3. The fraction of sp³-hybridized carbons (Fsp3) is 0.706. The maximum absolute atomic E-state index is 12.6. The van der Waals surface area contributed by atoms with Crippen LogP contribution in [-0.4, -0.2) is 87.8 Å². The molecule has 0 rings (SSSR count). The lowest BCUT2D eigenvalue weighted by Crippen LogP contribution is -2.59. The van der Waals surface area contributed by atoms with Gasteiger partial charge in [0.2, 0.25) is 17.7 Å². The minimum atomic E-state index is -1.67. The van der Waals surface area contributed by atoms with Crippen LogP contribution in [0.3, 0.4) is 0 Å². The van der Waals surface area contributed by atoms with Crippen LogP contribution in [0.2, 0.25) is 0 Å². The van der Waals surface area contributed by atoms with Crippen LogP contribution in [0.25, 0.3) is 0 Å². The van der Waals surface area contributed by atoms with E-state index in [1.807, 2.05) is 11.6 Å². The highest BCUT2D eigenvalue weighted by Crippen LogP contribution is 2.06. The number of aliphatic carboxylic acids is 2. The van der Waals surface area contributed by atoms with Crippen molar-refractivity contribution in [2.45, 2.75) is 50.9 Å². The van der Waals surface area contributed by atoms with Gasteiger partial charge in [0.05, 0.1) is 19.1 Å². The largest absolute Gasteiger partial charge is 0.481 e. The first kappa shape index (κ1) is 27.6. The number of hydrogen-bond acceptors (Lipinski definition) is 8. The summed E-state index contributed by atoms with van der Waals surface area (Å²) in [6.45, 7) is 2.35. The second-order valence-electron chi connectivity index (χ2n) is 6.86. The summed E-state index contributed by atoms with van der Waals surface area (Å²) < 4.78 is 0. The predicted octanol–water partition coefficient (Wildman–Crippen LogP) is -2.27. The van der Waals surface area contributed by atoms with Gasteiger partial charge in [-0.05, 0) is 24.3 Å². The third kappa shape index (κ3) is 9.89. The van der Waals surface area contributed by atoms with Crippen molar-refractivity contribution in [3.05, 3.63) is 0 Å². The molecule has 0 saturated heterocycles. The molecule has 13 heteroatoms. The molecule has 0 aromatic heterocycles. The Morgan fingerprint density at radius 3 is 1.93 bits per heavy atom. The molecular weight excluding hydrogens is 420 g/mol. The third-order valence-corrected chi connectivity index (χ3v) is 4.67. The molecule has 0 bridgehead atoms. The van der Waals surface area contributed by atoms with E-state index in [1.165, 1.54) is 11.8 Å². The molecule has 4 atom stereocenters. The Morgan fingerprint density at radius 2 is 1.50 bits per heavy atom. The van der Waals surface area contributed by atoms with E-state index >= 15 is 0 Å². The van der Waals surface area contributed by atoms with Crippen molar-refractivity contribution in [3.8, 4) is 0 Å². The van der Waals surface area contributed by atoms with Crippen LogP contribution >= 0.6 is 11.8 Å². The maximum atomic E-state index is 12.6. The number of carboxylic acids is 2. The number of amides is 3. The van der Waals surface area contributed by atoms with Gasteiger partial charge in [0, 0.05) is 0 Å². The first-order valence-electron chi connectivity index (χ1n) is 9.15. The minimum absolute atomic E-state index is 0.390. The zero-order valence-electron chi connectivity index (χ0n) is 17.1. The fourth-order valence-electron chi connectivity index (χ4n) is 2.27. The summed E-state index contributed by atoms with van der Waals surface area (Å²) in [5, 5.41) is 33.6. The molecule has 0 radical (unpaired) electrons. The second kappa shape index (κ2) is 13.8. The lowest BCUT2D eigenvalue weighted by Gasteiger charge is -2.26. The van der Waals surface area contributed by atoms with Crippen LogP contribution in [0.15, 0.2) is 0 Å². The highest BCUT2D eigenvalue weighted by Gasteiger charge is 2.32. The number of aliphatic hydroxyl groups is 1. The Hall–Kier alpha value is -2.38. The second-order valence-corrected chi connectivity index (χ2v) is 7.84. The van der Waals surface area contributed by atoms with Gasteiger partial charge in [-0.1, -0.05) is 13.8 Å². The van der Waals surface area contributed by atoms with Gasteiger partial charge in [0.15, 0.2) is 0 Å². The summed E-state index contributed by atoms with van der Waals surface area (Å²) in [4.78, 5) is 59.1. The van der Waals surface area contributed by atoms with Crippen LogP contribution in [0.1, 0.15) is 26.7 Å². The maximum Gasteiger partial charge on any atom is 0.328 e. The van der Waals surface area contributed by atoms with Crippen LogP contribution < -0.4 is 21.7 Å². The molecule has 8 N–H and O–H groups in total. The van der Waals surface area contributed by atoms with Gasteiger partial charge in [-0.2, -0.15) is 11.8 Å². The number of aliphatic hydroxyl groups excluding tert-OH is 1. The average Bonchev–Trinajstić information content (AvgIpc) is 2.66. The molecular formula is C17H30N4O8S. The number of rotatable bonds is 14. The van der Waals surface area contributed by atoms with E-state index in [0.29, 0.717) is 12.2 Å². The summed E-state index contributed by atoms with van der Waals surface area (Å²) >= 11 is 1.51. The molecule has 0 fully saturated rings. The number of carboxylic acid groups (broad SMARTS) is 2. The molecule has 0 heterocycles. The molecule has 0 unspecified atom stereocenters. The summed E-state index contributed by atoms with van der Waals surface area (Å²) in [5.41, 5.74) is 5.79. The molecule has 0 aromatic rings. The van der Waals surface area contributed by atoms with E-state index in [4.69, 9.17) is 21.1 Å². The van der Waals surface area contributed by atoms with Crippen molar-refractivity contribution in [3.63, 3.8) is 0 Å². The van der Waals surface area contributed by atoms with E-state index in [1.54, 1.807) is 13.8 Å². The topological polar surface area (TPSA) is 208 Å². The van der Waals surface area contributed by atoms with Crippen molar-refractivity contribution in [2.24, 2.45) is 11.7 Å². The highest BCUT2D eigenvalue weighted by atomic mass is 32.2. The lowest BCUT2D eigenvalue weighted by molar-refractivity contribution is -0.144.